The molecule has 3 heterocycles. The maximum Gasteiger partial charge on any atom is 0.261 e. The van der Waals surface area contributed by atoms with Crippen LogP contribution in [0.15, 0.2) is 42.6 Å². The molecule has 4 rings (SSSR count). The van der Waals surface area contributed by atoms with E-state index in [0.717, 1.165) is 29.2 Å². The molecule has 0 radical (unpaired) electrons. The van der Waals surface area contributed by atoms with Gasteiger partial charge in [0.2, 0.25) is 0 Å². The highest BCUT2D eigenvalue weighted by molar-refractivity contribution is 7.20. The summed E-state index contributed by atoms with van der Waals surface area (Å²) in [6.07, 6.45) is 4.18. The van der Waals surface area contributed by atoms with Crippen molar-refractivity contribution >= 4 is 33.1 Å². The quantitative estimate of drug-likeness (QED) is 0.770. The Kier molecular flexibility index (Phi) is 4.36. The van der Waals surface area contributed by atoms with Crippen molar-refractivity contribution in [2.24, 2.45) is 0 Å². The predicted octanol–water partition coefficient (Wildman–Crippen LogP) is 3.97. The Morgan fingerprint density at radius 2 is 2.08 bits per heavy atom. The zero-order chi connectivity index (χ0) is 17.2. The molecule has 2 aromatic heterocycles. The average Bonchev–Trinajstić information content (AvgIpc) is 3.30. The lowest BCUT2D eigenvalue weighted by atomic mass is 10.2. The van der Waals surface area contributed by atoms with E-state index in [-0.39, 0.29) is 11.7 Å². The van der Waals surface area contributed by atoms with E-state index in [2.05, 4.69) is 15.2 Å². The number of pyridine rings is 1. The Labute approximate surface area is 149 Å². The van der Waals surface area contributed by atoms with Crippen LogP contribution in [0.3, 0.4) is 0 Å². The standard InChI is InChI=1S/C19H18FN3OS/c20-15-4-3-5-16-14(15)11-17(25-16)19(24)22-12-13-6-7-21-18(10-13)23-8-1-2-9-23/h3-7,10-11H,1-2,8-9,12H2,(H,22,24). The number of thiophene rings is 1. The van der Waals surface area contributed by atoms with E-state index in [1.54, 1.807) is 18.3 Å². The van der Waals surface area contributed by atoms with Crippen LogP contribution >= 0.6 is 11.3 Å². The molecule has 0 bridgehead atoms. The molecule has 1 amide bonds. The van der Waals surface area contributed by atoms with Crippen LogP contribution in [0.1, 0.15) is 28.1 Å². The minimum absolute atomic E-state index is 0.180. The van der Waals surface area contributed by atoms with Gasteiger partial charge in [0, 0.05) is 35.9 Å². The van der Waals surface area contributed by atoms with Crippen LogP contribution in [0.25, 0.3) is 10.1 Å². The lowest BCUT2D eigenvalue weighted by molar-refractivity contribution is 0.0955. The first-order valence-corrected chi connectivity index (χ1v) is 9.18. The summed E-state index contributed by atoms with van der Waals surface area (Å²) < 4.78 is 14.6. The van der Waals surface area contributed by atoms with Crippen LogP contribution in [0, 0.1) is 5.82 Å². The van der Waals surface area contributed by atoms with Crippen molar-refractivity contribution < 1.29 is 9.18 Å². The van der Waals surface area contributed by atoms with Crippen molar-refractivity contribution in [1.82, 2.24) is 10.3 Å². The van der Waals surface area contributed by atoms with Gasteiger partial charge in [-0.3, -0.25) is 4.79 Å². The van der Waals surface area contributed by atoms with E-state index in [4.69, 9.17) is 0 Å². The van der Waals surface area contributed by atoms with E-state index >= 15 is 0 Å². The molecule has 0 unspecified atom stereocenters. The minimum atomic E-state index is -0.294. The number of nitrogens with zero attached hydrogens (tertiary/aromatic N) is 2. The van der Waals surface area contributed by atoms with Crippen LogP contribution in [0.5, 0.6) is 0 Å². The molecule has 1 aliphatic rings. The SMILES string of the molecule is O=C(NCc1ccnc(N2CCCC2)c1)c1cc2c(F)cccc2s1. The van der Waals surface area contributed by atoms with E-state index in [9.17, 15) is 9.18 Å². The number of hydrogen-bond donors (Lipinski definition) is 1. The molecule has 25 heavy (non-hydrogen) atoms. The Bertz CT molecular complexity index is 918. The van der Waals surface area contributed by atoms with Gasteiger partial charge in [-0.2, -0.15) is 0 Å². The molecule has 1 N–H and O–H groups in total. The summed E-state index contributed by atoms with van der Waals surface area (Å²) in [7, 11) is 0. The van der Waals surface area contributed by atoms with E-state index in [0.29, 0.717) is 16.8 Å². The molecule has 1 aromatic carbocycles. The first-order chi connectivity index (χ1) is 12.2. The summed E-state index contributed by atoms with van der Waals surface area (Å²) >= 11 is 1.31. The number of carbonyl (C=O) groups is 1. The van der Waals surface area contributed by atoms with E-state index in [1.807, 2.05) is 18.2 Å². The molecule has 0 spiro atoms. The monoisotopic (exact) mass is 355 g/mol. The molecule has 4 nitrogen and oxygen atoms in total. The fourth-order valence-electron chi connectivity index (χ4n) is 3.10. The van der Waals surface area contributed by atoms with Gasteiger partial charge in [0.05, 0.1) is 4.88 Å². The molecule has 0 atom stereocenters. The van der Waals surface area contributed by atoms with Crippen molar-refractivity contribution in [3.8, 4) is 0 Å². The third-order valence-electron chi connectivity index (χ3n) is 4.43. The third-order valence-corrected chi connectivity index (χ3v) is 5.52. The van der Waals surface area contributed by atoms with E-state index in [1.165, 1.54) is 30.2 Å². The third kappa shape index (κ3) is 3.35. The average molecular weight is 355 g/mol. The Morgan fingerprint density at radius 1 is 1.24 bits per heavy atom. The van der Waals surface area contributed by atoms with Crippen molar-refractivity contribution in [1.29, 1.82) is 0 Å². The molecule has 1 fully saturated rings. The Balaban J connectivity index is 1.46. The molecule has 1 saturated heterocycles. The van der Waals surface area contributed by atoms with Gasteiger partial charge in [-0.25, -0.2) is 9.37 Å². The Hall–Kier alpha value is -2.47. The number of rotatable bonds is 4. The van der Waals surface area contributed by atoms with Gasteiger partial charge < -0.3 is 10.2 Å². The Morgan fingerprint density at radius 3 is 2.88 bits per heavy atom. The summed E-state index contributed by atoms with van der Waals surface area (Å²) in [5.74, 6) is 0.491. The lowest BCUT2D eigenvalue weighted by Crippen LogP contribution is -2.23. The maximum absolute atomic E-state index is 13.8. The van der Waals surface area contributed by atoms with Gasteiger partial charge in [0.15, 0.2) is 0 Å². The highest BCUT2D eigenvalue weighted by Crippen LogP contribution is 2.27. The molecule has 0 aliphatic carbocycles. The fraction of sp³-hybridized carbons (Fsp3) is 0.263. The first kappa shape index (κ1) is 16.0. The molecule has 6 heteroatoms. The van der Waals surface area contributed by atoms with E-state index < -0.39 is 0 Å². The highest BCUT2D eigenvalue weighted by atomic mass is 32.1. The van der Waals surface area contributed by atoms with Gasteiger partial charge in [-0.05, 0) is 48.7 Å². The summed E-state index contributed by atoms with van der Waals surface area (Å²) in [6.45, 7) is 2.51. The van der Waals surface area contributed by atoms with Crippen molar-refractivity contribution in [3.63, 3.8) is 0 Å². The molecular formula is C19H18FN3OS. The summed E-state index contributed by atoms with van der Waals surface area (Å²) in [6, 6.07) is 10.4. The van der Waals surface area contributed by atoms with Gasteiger partial charge in [-0.15, -0.1) is 11.3 Å². The van der Waals surface area contributed by atoms with Crippen LogP contribution in [-0.2, 0) is 6.54 Å². The number of nitrogens with one attached hydrogen (secondary N) is 1. The van der Waals surface area contributed by atoms with Crippen LogP contribution in [-0.4, -0.2) is 24.0 Å². The van der Waals surface area contributed by atoms with Gasteiger partial charge in [-0.1, -0.05) is 6.07 Å². The molecule has 1 aliphatic heterocycles. The predicted molar refractivity (Wildman–Crippen MR) is 98.6 cm³/mol. The zero-order valence-electron chi connectivity index (χ0n) is 13.7. The fourth-order valence-corrected chi connectivity index (χ4v) is 4.09. The number of benzene rings is 1. The van der Waals surface area contributed by atoms with Crippen molar-refractivity contribution in [2.45, 2.75) is 19.4 Å². The molecule has 0 saturated carbocycles. The number of halogens is 1. The second-order valence-electron chi connectivity index (χ2n) is 6.16. The van der Waals surface area contributed by atoms with Gasteiger partial charge >= 0.3 is 0 Å². The normalized spacial score (nSPS) is 14.2. The summed E-state index contributed by atoms with van der Waals surface area (Å²) in [5, 5.41) is 3.41. The number of hydrogen-bond acceptors (Lipinski definition) is 4. The van der Waals surface area contributed by atoms with Crippen molar-refractivity contribution in [3.05, 3.63) is 58.9 Å². The summed E-state index contributed by atoms with van der Waals surface area (Å²) in [4.78, 5) is 19.6. The topological polar surface area (TPSA) is 45.2 Å². The van der Waals surface area contributed by atoms with Crippen LogP contribution in [0.2, 0.25) is 0 Å². The second kappa shape index (κ2) is 6.80. The molecular weight excluding hydrogens is 337 g/mol. The highest BCUT2D eigenvalue weighted by Gasteiger charge is 2.15. The second-order valence-corrected chi connectivity index (χ2v) is 7.25. The smallest absolute Gasteiger partial charge is 0.261 e. The first-order valence-electron chi connectivity index (χ1n) is 8.37. The number of aromatic nitrogens is 1. The number of carbonyl (C=O) groups excluding carboxylic acids is 1. The lowest BCUT2D eigenvalue weighted by Gasteiger charge is -2.16. The van der Waals surface area contributed by atoms with Crippen LogP contribution < -0.4 is 10.2 Å². The molecule has 3 aromatic rings. The maximum atomic E-state index is 13.8. The van der Waals surface area contributed by atoms with Gasteiger partial charge in [0.25, 0.3) is 5.91 Å². The zero-order valence-corrected chi connectivity index (χ0v) is 14.5. The van der Waals surface area contributed by atoms with Gasteiger partial charge in [0.1, 0.15) is 11.6 Å². The number of amides is 1. The molecule has 128 valence electrons. The minimum Gasteiger partial charge on any atom is -0.357 e. The number of anilines is 1. The van der Waals surface area contributed by atoms with Crippen molar-refractivity contribution in [2.75, 3.05) is 18.0 Å². The largest absolute Gasteiger partial charge is 0.357 e. The number of fused-ring (bicyclic) bond motifs is 1. The van der Waals surface area contributed by atoms with Crippen LogP contribution in [0.4, 0.5) is 10.2 Å². The summed E-state index contributed by atoms with van der Waals surface area (Å²) in [5.41, 5.74) is 1.01.